The van der Waals surface area contributed by atoms with Gasteiger partial charge in [-0.25, -0.2) is 14.4 Å². The molecular formula is C20H17ClFN3O4. The highest BCUT2D eigenvalue weighted by molar-refractivity contribution is 6.32. The predicted molar refractivity (Wildman–Crippen MR) is 104 cm³/mol. The van der Waals surface area contributed by atoms with E-state index < -0.39 is 23.8 Å². The van der Waals surface area contributed by atoms with Crippen molar-refractivity contribution in [2.45, 2.75) is 25.9 Å². The summed E-state index contributed by atoms with van der Waals surface area (Å²) < 4.78 is 24.4. The summed E-state index contributed by atoms with van der Waals surface area (Å²) in [6.07, 6.45) is 1.95. The first kappa shape index (κ1) is 20.5. The Kier molecular flexibility index (Phi) is 6.56. The van der Waals surface area contributed by atoms with Gasteiger partial charge >= 0.3 is 5.97 Å². The molecule has 0 saturated heterocycles. The molecule has 0 saturated carbocycles. The number of halogens is 2. The lowest BCUT2D eigenvalue weighted by Gasteiger charge is -2.13. The molecule has 1 unspecified atom stereocenters. The van der Waals surface area contributed by atoms with E-state index in [-0.39, 0.29) is 35.2 Å². The number of aryl methyl sites for hydroxylation is 1. The van der Waals surface area contributed by atoms with Crippen molar-refractivity contribution < 1.29 is 23.1 Å². The van der Waals surface area contributed by atoms with Crippen molar-refractivity contribution in [1.82, 2.24) is 9.97 Å². The highest BCUT2D eigenvalue weighted by Crippen LogP contribution is 2.23. The number of anilines is 1. The number of esters is 1. The van der Waals surface area contributed by atoms with E-state index in [0.717, 1.165) is 0 Å². The van der Waals surface area contributed by atoms with Crippen molar-refractivity contribution >= 4 is 29.2 Å². The Hall–Kier alpha value is -3.26. The molecule has 0 fully saturated rings. The Balaban J connectivity index is 1.50. The van der Waals surface area contributed by atoms with Gasteiger partial charge in [0.05, 0.1) is 23.9 Å². The SMILES string of the molecule is CC(OC(=O)CCc1ncc(-c2ccccc2F)o1)C(=O)Nc1cccnc1Cl. The van der Waals surface area contributed by atoms with E-state index in [4.69, 9.17) is 20.8 Å². The van der Waals surface area contributed by atoms with Crippen LogP contribution in [0.1, 0.15) is 19.2 Å². The zero-order chi connectivity index (χ0) is 20.8. The number of hydrogen-bond acceptors (Lipinski definition) is 6. The zero-order valence-electron chi connectivity index (χ0n) is 15.4. The Bertz CT molecular complexity index is 1020. The highest BCUT2D eigenvalue weighted by Gasteiger charge is 2.19. The number of carbonyl (C=O) groups is 2. The normalized spacial score (nSPS) is 11.7. The van der Waals surface area contributed by atoms with Gasteiger partial charge in [0.2, 0.25) is 0 Å². The van der Waals surface area contributed by atoms with Crippen LogP contribution in [0, 0.1) is 5.82 Å². The molecule has 0 spiro atoms. The largest absolute Gasteiger partial charge is 0.453 e. The number of carbonyl (C=O) groups excluding carboxylic acids is 2. The molecule has 29 heavy (non-hydrogen) atoms. The number of nitrogens with zero attached hydrogens (tertiary/aromatic N) is 2. The van der Waals surface area contributed by atoms with Gasteiger partial charge in [0.15, 0.2) is 22.9 Å². The molecule has 0 radical (unpaired) electrons. The Morgan fingerprint density at radius 3 is 2.79 bits per heavy atom. The lowest BCUT2D eigenvalue weighted by atomic mass is 10.2. The lowest BCUT2D eigenvalue weighted by Crippen LogP contribution is -2.30. The number of nitrogens with one attached hydrogen (secondary N) is 1. The number of pyridine rings is 1. The van der Waals surface area contributed by atoms with Crippen LogP contribution < -0.4 is 5.32 Å². The highest BCUT2D eigenvalue weighted by atomic mass is 35.5. The molecule has 1 N–H and O–H groups in total. The topological polar surface area (TPSA) is 94.3 Å². The minimum absolute atomic E-state index is 0.0531. The summed E-state index contributed by atoms with van der Waals surface area (Å²) in [6.45, 7) is 1.44. The van der Waals surface area contributed by atoms with Crippen molar-refractivity contribution in [2.24, 2.45) is 0 Å². The number of oxazole rings is 1. The second kappa shape index (κ2) is 9.29. The molecule has 1 aromatic carbocycles. The fourth-order valence-electron chi connectivity index (χ4n) is 2.44. The molecule has 0 aliphatic carbocycles. The monoisotopic (exact) mass is 417 g/mol. The van der Waals surface area contributed by atoms with Crippen LogP contribution in [0.15, 0.2) is 53.2 Å². The number of ether oxygens (including phenoxy) is 1. The molecule has 150 valence electrons. The van der Waals surface area contributed by atoms with Crippen molar-refractivity contribution in [3.05, 3.63) is 65.7 Å². The molecular weight excluding hydrogens is 401 g/mol. The van der Waals surface area contributed by atoms with Gasteiger partial charge in [-0.1, -0.05) is 23.7 Å². The van der Waals surface area contributed by atoms with Gasteiger partial charge in [-0.05, 0) is 31.2 Å². The van der Waals surface area contributed by atoms with Crippen LogP contribution >= 0.6 is 11.6 Å². The molecule has 0 aliphatic rings. The van der Waals surface area contributed by atoms with E-state index in [1.807, 2.05) is 0 Å². The van der Waals surface area contributed by atoms with E-state index >= 15 is 0 Å². The maximum absolute atomic E-state index is 13.8. The quantitative estimate of drug-likeness (QED) is 0.460. The van der Waals surface area contributed by atoms with E-state index in [1.54, 1.807) is 30.3 Å². The fourth-order valence-corrected chi connectivity index (χ4v) is 2.61. The van der Waals surface area contributed by atoms with Crippen LogP contribution in [0.3, 0.4) is 0 Å². The lowest BCUT2D eigenvalue weighted by molar-refractivity contribution is -0.153. The molecule has 1 amide bonds. The maximum atomic E-state index is 13.8. The Morgan fingerprint density at radius 2 is 2.03 bits per heavy atom. The van der Waals surface area contributed by atoms with Crippen molar-refractivity contribution in [2.75, 3.05) is 5.32 Å². The molecule has 0 aliphatic heterocycles. The van der Waals surface area contributed by atoms with E-state index in [9.17, 15) is 14.0 Å². The predicted octanol–water partition coefficient (Wildman–Crippen LogP) is 4.03. The number of rotatable bonds is 7. The molecule has 7 nitrogen and oxygen atoms in total. The van der Waals surface area contributed by atoms with Gasteiger partial charge in [0, 0.05) is 12.6 Å². The second-order valence-corrected chi connectivity index (χ2v) is 6.42. The number of amides is 1. The molecule has 3 aromatic rings. The number of hydrogen-bond donors (Lipinski definition) is 1. The van der Waals surface area contributed by atoms with Crippen LogP contribution in [0.2, 0.25) is 5.15 Å². The third-order valence-corrected chi connectivity index (χ3v) is 4.23. The summed E-state index contributed by atoms with van der Waals surface area (Å²) in [5, 5.41) is 2.67. The third kappa shape index (κ3) is 5.39. The summed E-state index contributed by atoms with van der Waals surface area (Å²) in [4.78, 5) is 32.0. The summed E-state index contributed by atoms with van der Waals surface area (Å²) in [5.41, 5.74) is 0.607. The first-order valence-electron chi connectivity index (χ1n) is 8.74. The van der Waals surface area contributed by atoms with Gasteiger partial charge in [-0.2, -0.15) is 0 Å². The van der Waals surface area contributed by atoms with Crippen LogP contribution in [-0.2, 0) is 20.7 Å². The fraction of sp³-hybridized carbons (Fsp3) is 0.200. The first-order valence-corrected chi connectivity index (χ1v) is 9.12. The number of benzene rings is 1. The van der Waals surface area contributed by atoms with Gasteiger partial charge in [0.1, 0.15) is 5.82 Å². The standard InChI is InChI=1S/C20H17ClFN3O4/c1-12(20(27)25-15-7-4-10-23-19(15)21)28-18(26)9-8-17-24-11-16(29-17)13-5-2-3-6-14(13)22/h2-7,10-12H,8-9H2,1H3,(H,25,27). The summed E-state index contributed by atoms with van der Waals surface area (Å²) in [5.74, 6) is -1.03. The minimum atomic E-state index is -1.03. The van der Waals surface area contributed by atoms with Gasteiger partial charge in [-0.15, -0.1) is 0 Å². The molecule has 9 heteroatoms. The van der Waals surface area contributed by atoms with Crippen LogP contribution in [-0.4, -0.2) is 27.9 Å². The maximum Gasteiger partial charge on any atom is 0.307 e. The van der Waals surface area contributed by atoms with E-state index in [0.29, 0.717) is 5.69 Å². The van der Waals surface area contributed by atoms with Crippen LogP contribution in [0.5, 0.6) is 0 Å². The first-order chi connectivity index (χ1) is 13.9. The Morgan fingerprint density at radius 1 is 1.24 bits per heavy atom. The van der Waals surface area contributed by atoms with Crippen molar-refractivity contribution in [1.29, 1.82) is 0 Å². The van der Waals surface area contributed by atoms with Gasteiger partial charge in [-0.3, -0.25) is 9.59 Å². The smallest absolute Gasteiger partial charge is 0.307 e. The summed E-state index contributed by atoms with van der Waals surface area (Å²) >= 11 is 5.88. The van der Waals surface area contributed by atoms with Crippen molar-refractivity contribution in [3.8, 4) is 11.3 Å². The number of aromatic nitrogens is 2. The second-order valence-electron chi connectivity index (χ2n) is 6.06. The van der Waals surface area contributed by atoms with Gasteiger partial charge in [0.25, 0.3) is 5.91 Å². The third-order valence-electron chi connectivity index (χ3n) is 3.93. The average Bonchev–Trinajstić information content (AvgIpc) is 3.17. The zero-order valence-corrected chi connectivity index (χ0v) is 16.1. The summed E-state index contributed by atoms with van der Waals surface area (Å²) in [7, 11) is 0. The molecule has 2 heterocycles. The molecule has 2 aromatic heterocycles. The summed E-state index contributed by atoms with van der Waals surface area (Å²) in [6, 6.07) is 9.35. The van der Waals surface area contributed by atoms with Gasteiger partial charge < -0.3 is 14.5 Å². The van der Waals surface area contributed by atoms with Crippen molar-refractivity contribution in [3.63, 3.8) is 0 Å². The van der Waals surface area contributed by atoms with Crippen LogP contribution in [0.4, 0.5) is 10.1 Å². The van der Waals surface area contributed by atoms with E-state index in [1.165, 1.54) is 25.4 Å². The molecule has 0 bridgehead atoms. The minimum Gasteiger partial charge on any atom is -0.453 e. The molecule has 1 atom stereocenters. The Labute approximate surface area is 170 Å². The van der Waals surface area contributed by atoms with Crippen LogP contribution in [0.25, 0.3) is 11.3 Å². The molecule has 3 rings (SSSR count). The average molecular weight is 418 g/mol. The van der Waals surface area contributed by atoms with E-state index in [2.05, 4.69) is 15.3 Å².